The molecule has 8 nitrogen and oxygen atoms in total. The van der Waals surface area contributed by atoms with Crippen LogP contribution in [-0.4, -0.2) is 33.5 Å². The second-order valence-electron chi connectivity index (χ2n) is 7.42. The SMILES string of the molecule is CCNCc1ccccc1CNC(=O)Cn1c(Cl)cnc(NCC(F)(F)c2ccccn2)c1=O. The third kappa shape index (κ3) is 6.58. The molecule has 0 fully saturated rings. The molecule has 0 bridgehead atoms. The molecule has 34 heavy (non-hydrogen) atoms. The molecule has 1 aromatic carbocycles. The molecular formula is C23H25ClF2N6O2. The summed E-state index contributed by atoms with van der Waals surface area (Å²) in [6.45, 7) is 2.46. The fourth-order valence-corrected chi connectivity index (χ4v) is 3.34. The van der Waals surface area contributed by atoms with Gasteiger partial charge in [0.2, 0.25) is 5.91 Å². The fourth-order valence-electron chi connectivity index (χ4n) is 3.16. The van der Waals surface area contributed by atoms with E-state index < -0.39 is 29.6 Å². The first kappa shape index (κ1) is 25.3. The zero-order valence-electron chi connectivity index (χ0n) is 18.5. The highest BCUT2D eigenvalue weighted by Gasteiger charge is 2.33. The second-order valence-corrected chi connectivity index (χ2v) is 7.81. The van der Waals surface area contributed by atoms with E-state index in [2.05, 4.69) is 25.9 Å². The van der Waals surface area contributed by atoms with Crippen LogP contribution in [-0.2, 0) is 30.4 Å². The Morgan fingerprint density at radius 3 is 2.47 bits per heavy atom. The van der Waals surface area contributed by atoms with Crippen molar-refractivity contribution in [1.29, 1.82) is 0 Å². The molecule has 0 aliphatic carbocycles. The Kier molecular flexibility index (Phi) is 8.67. The summed E-state index contributed by atoms with van der Waals surface area (Å²) in [6, 6.07) is 11.8. The number of benzene rings is 1. The summed E-state index contributed by atoms with van der Waals surface area (Å²) in [5, 5.41) is 8.26. The third-order valence-corrected chi connectivity index (χ3v) is 5.29. The molecule has 3 rings (SSSR count). The van der Waals surface area contributed by atoms with E-state index in [0.717, 1.165) is 28.4 Å². The lowest BCUT2D eigenvalue weighted by Crippen LogP contribution is -2.35. The van der Waals surface area contributed by atoms with Crippen LogP contribution in [0.3, 0.4) is 0 Å². The number of amides is 1. The number of carbonyl (C=O) groups excluding carboxylic acids is 1. The molecule has 0 radical (unpaired) electrons. The van der Waals surface area contributed by atoms with Crippen molar-refractivity contribution in [3.05, 3.63) is 87.2 Å². The summed E-state index contributed by atoms with van der Waals surface area (Å²) in [6.07, 6.45) is 2.39. The molecule has 2 aromatic heterocycles. The topological polar surface area (TPSA) is 101 Å². The first-order chi connectivity index (χ1) is 16.3. The molecule has 0 atom stereocenters. The van der Waals surface area contributed by atoms with Gasteiger partial charge in [0.25, 0.3) is 5.56 Å². The van der Waals surface area contributed by atoms with Gasteiger partial charge in [-0.15, -0.1) is 0 Å². The second kappa shape index (κ2) is 11.7. The Balaban J connectivity index is 1.66. The summed E-state index contributed by atoms with van der Waals surface area (Å²) >= 11 is 6.06. The number of hydrogen-bond acceptors (Lipinski definition) is 6. The molecule has 180 valence electrons. The predicted molar refractivity (Wildman–Crippen MR) is 126 cm³/mol. The van der Waals surface area contributed by atoms with Gasteiger partial charge in [-0.25, -0.2) is 4.98 Å². The number of anilines is 1. The van der Waals surface area contributed by atoms with Crippen LogP contribution in [0.15, 0.2) is 59.7 Å². The van der Waals surface area contributed by atoms with E-state index in [1.54, 1.807) is 0 Å². The lowest BCUT2D eigenvalue weighted by atomic mass is 10.1. The summed E-state index contributed by atoms with van der Waals surface area (Å²) in [5.74, 6) is -4.14. The number of carbonyl (C=O) groups is 1. The maximum atomic E-state index is 14.4. The largest absolute Gasteiger partial charge is 0.359 e. The highest BCUT2D eigenvalue weighted by molar-refractivity contribution is 6.29. The highest BCUT2D eigenvalue weighted by atomic mass is 35.5. The average molecular weight is 491 g/mol. The van der Waals surface area contributed by atoms with Crippen LogP contribution in [0.25, 0.3) is 0 Å². The van der Waals surface area contributed by atoms with Gasteiger partial charge >= 0.3 is 5.92 Å². The molecule has 0 saturated heterocycles. The number of nitrogens with zero attached hydrogens (tertiary/aromatic N) is 3. The normalized spacial score (nSPS) is 11.3. The minimum Gasteiger partial charge on any atom is -0.359 e. The Hall–Kier alpha value is -3.37. The van der Waals surface area contributed by atoms with Crippen molar-refractivity contribution >= 4 is 23.3 Å². The monoisotopic (exact) mass is 490 g/mol. The van der Waals surface area contributed by atoms with E-state index in [-0.39, 0.29) is 24.1 Å². The molecule has 2 heterocycles. The first-order valence-corrected chi connectivity index (χ1v) is 11.0. The van der Waals surface area contributed by atoms with E-state index >= 15 is 0 Å². The molecule has 11 heteroatoms. The minimum atomic E-state index is -3.34. The number of halogens is 3. The quantitative estimate of drug-likeness (QED) is 0.382. The predicted octanol–water partition coefficient (Wildman–Crippen LogP) is 2.92. The smallest absolute Gasteiger partial charge is 0.306 e. The summed E-state index contributed by atoms with van der Waals surface area (Å²) < 4.78 is 29.7. The average Bonchev–Trinajstić information content (AvgIpc) is 2.84. The number of rotatable bonds is 11. The van der Waals surface area contributed by atoms with Crippen LogP contribution in [0.4, 0.5) is 14.6 Å². The Labute approximate surface area is 200 Å². The van der Waals surface area contributed by atoms with Gasteiger partial charge in [-0.2, -0.15) is 8.78 Å². The molecule has 0 aliphatic heterocycles. The molecule has 3 N–H and O–H groups in total. The number of hydrogen-bond donors (Lipinski definition) is 3. The molecule has 0 spiro atoms. The molecule has 3 aromatic rings. The van der Waals surface area contributed by atoms with Crippen LogP contribution in [0.5, 0.6) is 0 Å². The maximum Gasteiger partial charge on any atom is 0.306 e. The summed E-state index contributed by atoms with van der Waals surface area (Å²) in [5.41, 5.74) is 0.755. The van der Waals surface area contributed by atoms with Gasteiger partial charge in [-0.05, 0) is 29.8 Å². The van der Waals surface area contributed by atoms with Crippen LogP contribution in [0.2, 0.25) is 5.15 Å². The van der Waals surface area contributed by atoms with E-state index in [1.165, 1.54) is 24.4 Å². The Morgan fingerprint density at radius 2 is 1.79 bits per heavy atom. The molecular weight excluding hydrogens is 466 g/mol. The standard InChI is InChI=1S/C23H25ClF2N6O2/c1-2-27-11-16-7-3-4-8-17(16)12-29-20(33)14-32-19(24)13-30-21(22(32)34)31-15-23(25,26)18-9-5-6-10-28-18/h3-10,13,27H,2,11-12,14-15H2,1H3,(H,29,33)(H,30,31). The van der Waals surface area contributed by atoms with E-state index in [9.17, 15) is 18.4 Å². The van der Waals surface area contributed by atoms with Crippen molar-refractivity contribution in [2.45, 2.75) is 32.5 Å². The number of alkyl halides is 2. The summed E-state index contributed by atoms with van der Waals surface area (Å²) in [7, 11) is 0. The lowest BCUT2D eigenvalue weighted by molar-refractivity contribution is -0.121. The van der Waals surface area contributed by atoms with E-state index in [0.29, 0.717) is 6.54 Å². The summed E-state index contributed by atoms with van der Waals surface area (Å²) in [4.78, 5) is 32.7. The lowest BCUT2D eigenvalue weighted by Gasteiger charge is -2.17. The fraction of sp³-hybridized carbons (Fsp3) is 0.304. The van der Waals surface area contributed by atoms with Crippen molar-refractivity contribution in [2.24, 2.45) is 0 Å². The van der Waals surface area contributed by atoms with Crippen LogP contribution < -0.4 is 21.5 Å². The minimum absolute atomic E-state index is 0.0882. The van der Waals surface area contributed by atoms with Gasteiger partial charge in [0.05, 0.1) is 12.7 Å². The van der Waals surface area contributed by atoms with E-state index in [4.69, 9.17) is 11.6 Å². The molecule has 0 aliphatic rings. The van der Waals surface area contributed by atoms with Crippen molar-refractivity contribution in [2.75, 3.05) is 18.4 Å². The number of aromatic nitrogens is 3. The molecule has 0 saturated carbocycles. The van der Waals surface area contributed by atoms with Crippen molar-refractivity contribution in [3.8, 4) is 0 Å². The number of nitrogens with one attached hydrogen (secondary N) is 3. The third-order valence-electron chi connectivity index (χ3n) is 4.98. The van der Waals surface area contributed by atoms with Crippen molar-refractivity contribution < 1.29 is 13.6 Å². The van der Waals surface area contributed by atoms with Crippen molar-refractivity contribution in [3.63, 3.8) is 0 Å². The number of pyridine rings is 1. The van der Waals surface area contributed by atoms with Crippen LogP contribution in [0.1, 0.15) is 23.7 Å². The zero-order chi connectivity index (χ0) is 24.6. The van der Waals surface area contributed by atoms with Gasteiger partial charge in [0, 0.05) is 19.3 Å². The van der Waals surface area contributed by atoms with Gasteiger partial charge in [-0.1, -0.05) is 48.9 Å². The molecule has 1 amide bonds. The van der Waals surface area contributed by atoms with Gasteiger partial charge in [0.1, 0.15) is 17.4 Å². The Bertz CT molecular complexity index is 1170. The van der Waals surface area contributed by atoms with E-state index in [1.807, 2.05) is 31.2 Å². The maximum absolute atomic E-state index is 14.4. The molecule has 0 unspecified atom stereocenters. The van der Waals surface area contributed by atoms with Crippen LogP contribution >= 0.6 is 11.6 Å². The van der Waals surface area contributed by atoms with Gasteiger partial charge in [-0.3, -0.25) is 19.1 Å². The zero-order valence-corrected chi connectivity index (χ0v) is 19.3. The van der Waals surface area contributed by atoms with Crippen LogP contribution in [0, 0.1) is 0 Å². The highest BCUT2D eigenvalue weighted by Crippen LogP contribution is 2.25. The van der Waals surface area contributed by atoms with Gasteiger partial charge < -0.3 is 16.0 Å². The van der Waals surface area contributed by atoms with Gasteiger partial charge in [0.15, 0.2) is 5.82 Å². The van der Waals surface area contributed by atoms with Crippen molar-refractivity contribution in [1.82, 2.24) is 25.2 Å². The Morgan fingerprint density at radius 1 is 1.09 bits per heavy atom. The first-order valence-electron chi connectivity index (χ1n) is 10.6.